The number of carbonyl (C=O) groups is 1. The van der Waals surface area contributed by atoms with Gasteiger partial charge in [0.25, 0.3) is 0 Å². The van der Waals surface area contributed by atoms with Crippen LogP contribution in [-0.4, -0.2) is 11.5 Å². The monoisotopic (exact) mass is 166 g/mol. The summed E-state index contributed by atoms with van der Waals surface area (Å²) >= 11 is 0. The van der Waals surface area contributed by atoms with Gasteiger partial charge >= 0.3 is 0 Å². The van der Waals surface area contributed by atoms with E-state index in [0.29, 0.717) is 12.0 Å². The van der Waals surface area contributed by atoms with Gasteiger partial charge in [-0.15, -0.1) is 0 Å². The van der Waals surface area contributed by atoms with Gasteiger partial charge in [-0.05, 0) is 49.5 Å². The zero-order valence-electron chi connectivity index (χ0n) is 6.85. The summed E-state index contributed by atoms with van der Waals surface area (Å²) in [7, 11) is 0. The number of carbonyl (C=O) groups excluding carboxylic acids is 1. The maximum atomic E-state index is 13.9. The molecule has 12 heavy (non-hydrogen) atoms. The lowest BCUT2D eigenvalue weighted by molar-refractivity contribution is -0.110. The van der Waals surface area contributed by atoms with Gasteiger partial charge in [0, 0.05) is 0 Å². The van der Waals surface area contributed by atoms with E-state index in [4.69, 9.17) is 0 Å². The molecule has 0 aliphatic heterocycles. The Hall–Kier alpha value is -0.920. The standard InChI is InChI=1S/C10H11FO/c11-10-5-2-1-3-8(10)7-9(12)4-6-10/h4,6-7H,1-3,5H2/t10-/m1/s1. The molecule has 0 bridgehead atoms. The molecule has 2 rings (SSSR count). The van der Waals surface area contributed by atoms with Gasteiger partial charge in [-0.2, -0.15) is 0 Å². The van der Waals surface area contributed by atoms with Crippen molar-refractivity contribution in [1.82, 2.24) is 0 Å². The van der Waals surface area contributed by atoms with E-state index in [2.05, 4.69) is 0 Å². The van der Waals surface area contributed by atoms with E-state index in [1.807, 2.05) is 0 Å². The summed E-state index contributed by atoms with van der Waals surface area (Å²) in [6.07, 6.45) is 7.44. The SMILES string of the molecule is O=C1C=C[C@]2(F)CCCCC2=C1. The maximum absolute atomic E-state index is 13.9. The van der Waals surface area contributed by atoms with Crippen LogP contribution in [0.5, 0.6) is 0 Å². The smallest absolute Gasteiger partial charge is 0.178 e. The number of fused-ring (bicyclic) bond motifs is 1. The van der Waals surface area contributed by atoms with Crippen LogP contribution in [0, 0.1) is 0 Å². The topological polar surface area (TPSA) is 17.1 Å². The minimum Gasteiger partial charge on any atom is -0.290 e. The average Bonchev–Trinajstić information content (AvgIpc) is 2.06. The lowest BCUT2D eigenvalue weighted by Crippen LogP contribution is -2.29. The Kier molecular flexibility index (Phi) is 1.63. The molecular weight excluding hydrogens is 155 g/mol. The van der Waals surface area contributed by atoms with Crippen molar-refractivity contribution in [2.45, 2.75) is 31.4 Å². The molecule has 0 aromatic rings. The normalized spacial score (nSPS) is 34.4. The molecule has 64 valence electrons. The zero-order chi connectivity index (χ0) is 8.60. The molecule has 1 atom stereocenters. The van der Waals surface area contributed by atoms with E-state index in [-0.39, 0.29) is 5.78 Å². The van der Waals surface area contributed by atoms with Crippen LogP contribution in [0.4, 0.5) is 4.39 Å². The van der Waals surface area contributed by atoms with Crippen molar-refractivity contribution in [3.05, 3.63) is 23.8 Å². The Balaban J connectivity index is 2.34. The summed E-state index contributed by atoms with van der Waals surface area (Å²) in [6, 6.07) is 0. The number of rotatable bonds is 0. The number of ketones is 1. The van der Waals surface area contributed by atoms with E-state index in [1.165, 1.54) is 18.2 Å². The largest absolute Gasteiger partial charge is 0.290 e. The summed E-state index contributed by atoms with van der Waals surface area (Å²) < 4.78 is 13.9. The van der Waals surface area contributed by atoms with E-state index >= 15 is 0 Å². The van der Waals surface area contributed by atoms with E-state index in [1.54, 1.807) is 0 Å². The van der Waals surface area contributed by atoms with Crippen molar-refractivity contribution in [2.75, 3.05) is 0 Å². The highest BCUT2D eigenvalue weighted by Crippen LogP contribution is 2.39. The third-order valence-electron chi connectivity index (χ3n) is 2.60. The van der Waals surface area contributed by atoms with Crippen LogP contribution in [0.1, 0.15) is 25.7 Å². The van der Waals surface area contributed by atoms with E-state index in [0.717, 1.165) is 19.3 Å². The van der Waals surface area contributed by atoms with Crippen molar-refractivity contribution >= 4 is 5.78 Å². The summed E-state index contributed by atoms with van der Waals surface area (Å²) in [5.41, 5.74) is -0.604. The number of allylic oxidation sites excluding steroid dienone is 4. The molecule has 0 unspecified atom stereocenters. The summed E-state index contributed by atoms with van der Waals surface area (Å²) in [4.78, 5) is 10.9. The molecule has 0 spiro atoms. The predicted octanol–water partition coefficient (Wildman–Crippen LogP) is 2.33. The van der Waals surface area contributed by atoms with Gasteiger partial charge in [-0.1, -0.05) is 0 Å². The molecule has 0 N–H and O–H groups in total. The molecule has 0 heterocycles. The second-order valence-electron chi connectivity index (χ2n) is 3.47. The molecule has 0 aromatic heterocycles. The fraction of sp³-hybridized carbons (Fsp3) is 0.500. The van der Waals surface area contributed by atoms with Gasteiger partial charge in [0.15, 0.2) is 11.5 Å². The average molecular weight is 166 g/mol. The maximum Gasteiger partial charge on any atom is 0.178 e. The molecule has 0 amide bonds. The van der Waals surface area contributed by atoms with Gasteiger partial charge in [0.2, 0.25) is 0 Å². The summed E-state index contributed by atoms with van der Waals surface area (Å²) in [5.74, 6) is -0.0693. The Labute approximate surface area is 71.0 Å². The molecule has 1 saturated carbocycles. The minimum absolute atomic E-state index is 0.0693. The predicted molar refractivity (Wildman–Crippen MR) is 44.5 cm³/mol. The molecule has 1 fully saturated rings. The fourth-order valence-electron chi connectivity index (χ4n) is 1.88. The third-order valence-corrected chi connectivity index (χ3v) is 2.60. The first kappa shape index (κ1) is 7.71. The molecule has 2 aliphatic rings. The summed E-state index contributed by atoms with van der Waals surface area (Å²) in [6.45, 7) is 0. The Bertz CT molecular complexity index is 278. The minimum atomic E-state index is -1.29. The third kappa shape index (κ3) is 1.11. The van der Waals surface area contributed by atoms with E-state index in [9.17, 15) is 9.18 Å². The van der Waals surface area contributed by atoms with Crippen LogP contribution in [0.3, 0.4) is 0 Å². The van der Waals surface area contributed by atoms with Gasteiger partial charge in [-0.25, -0.2) is 4.39 Å². The van der Waals surface area contributed by atoms with Gasteiger partial charge in [-0.3, -0.25) is 4.79 Å². The molecule has 0 saturated heterocycles. The van der Waals surface area contributed by atoms with Crippen molar-refractivity contribution < 1.29 is 9.18 Å². The van der Waals surface area contributed by atoms with Crippen LogP contribution in [0.25, 0.3) is 0 Å². The van der Waals surface area contributed by atoms with Crippen LogP contribution in [-0.2, 0) is 4.79 Å². The number of alkyl halides is 1. The highest BCUT2D eigenvalue weighted by Gasteiger charge is 2.35. The highest BCUT2D eigenvalue weighted by atomic mass is 19.1. The number of halogens is 1. The van der Waals surface area contributed by atoms with Crippen molar-refractivity contribution in [2.24, 2.45) is 0 Å². The first-order chi connectivity index (χ1) is 5.71. The lowest BCUT2D eigenvalue weighted by Gasteiger charge is -2.31. The first-order valence-electron chi connectivity index (χ1n) is 4.34. The molecule has 1 nitrogen and oxygen atoms in total. The Morgan fingerprint density at radius 3 is 3.08 bits per heavy atom. The lowest BCUT2D eigenvalue weighted by atomic mass is 9.78. The first-order valence-corrected chi connectivity index (χ1v) is 4.34. The quantitative estimate of drug-likeness (QED) is 0.539. The molecule has 0 radical (unpaired) electrons. The highest BCUT2D eigenvalue weighted by molar-refractivity contribution is 6.01. The zero-order valence-corrected chi connectivity index (χ0v) is 6.85. The Morgan fingerprint density at radius 2 is 2.25 bits per heavy atom. The second-order valence-corrected chi connectivity index (χ2v) is 3.47. The second kappa shape index (κ2) is 2.54. The number of hydrogen-bond donors (Lipinski definition) is 0. The van der Waals surface area contributed by atoms with Crippen molar-refractivity contribution in [1.29, 1.82) is 0 Å². The van der Waals surface area contributed by atoms with Gasteiger partial charge in [0.05, 0.1) is 0 Å². The van der Waals surface area contributed by atoms with Crippen LogP contribution < -0.4 is 0 Å². The molecule has 2 aliphatic carbocycles. The fourth-order valence-corrected chi connectivity index (χ4v) is 1.88. The van der Waals surface area contributed by atoms with Crippen molar-refractivity contribution in [3.8, 4) is 0 Å². The van der Waals surface area contributed by atoms with Crippen LogP contribution in [0.2, 0.25) is 0 Å². The Morgan fingerprint density at radius 1 is 1.42 bits per heavy atom. The van der Waals surface area contributed by atoms with Gasteiger partial charge < -0.3 is 0 Å². The van der Waals surface area contributed by atoms with Crippen LogP contribution in [0.15, 0.2) is 23.8 Å². The van der Waals surface area contributed by atoms with Gasteiger partial charge in [0.1, 0.15) is 0 Å². The molecule has 0 aromatic carbocycles. The summed E-state index contributed by atoms with van der Waals surface area (Å²) in [5, 5.41) is 0. The molecule has 2 heteroatoms. The van der Waals surface area contributed by atoms with Crippen molar-refractivity contribution in [3.63, 3.8) is 0 Å². The molecular formula is C10H11FO. The van der Waals surface area contributed by atoms with E-state index < -0.39 is 5.67 Å². The number of hydrogen-bond acceptors (Lipinski definition) is 1. The van der Waals surface area contributed by atoms with Crippen LogP contribution >= 0.6 is 0 Å².